The summed E-state index contributed by atoms with van der Waals surface area (Å²) in [4.78, 5) is 0. The molecule has 1 aromatic carbocycles. The second-order valence-corrected chi connectivity index (χ2v) is 4.72. The van der Waals surface area contributed by atoms with Gasteiger partial charge in [0.1, 0.15) is 5.75 Å². The van der Waals surface area contributed by atoms with Gasteiger partial charge in [0.2, 0.25) is 0 Å². The van der Waals surface area contributed by atoms with E-state index in [0.29, 0.717) is 5.92 Å². The molecule has 90 valence electrons. The van der Waals surface area contributed by atoms with E-state index < -0.39 is 0 Å². The van der Waals surface area contributed by atoms with Crippen LogP contribution in [0.1, 0.15) is 18.1 Å². The van der Waals surface area contributed by atoms with Gasteiger partial charge in [-0.2, -0.15) is 0 Å². The van der Waals surface area contributed by atoms with Gasteiger partial charge in [0.25, 0.3) is 0 Å². The van der Waals surface area contributed by atoms with Gasteiger partial charge < -0.3 is 10.1 Å². The molecule has 1 atom stereocenters. The Kier molecular flexibility index (Phi) is 5.10. The van der Waals surface area contributed by atoms with Gasteiger partial charge in [-0.25, -0.2) is 0 Å². The molecule has 0 aromatic heterocycles. The smallest absolute Gasteiger partial charge is 0.119 e. The zero-order valence-electron chi connectivity index (χ0n) is 10.4. The van der Waals surface area contributed by atoms with Crippen LogP contribution in [0, 0.1) is 19.8 Å². The third kappa shape index (κ3) is 3.69. The molecule has 0 aliphatic carbocycles. The maximum Gasteiger partial charge on any atom is 0.119 e. The Morgan fingerprint density at radius 2 is 1.88 bits per heavy atom. The molecule has 0 heterocycles. The second kappa shape index (κ2) is 6.12. The number of nitrogens with one attached hydrogen (secondary N) is 1. The zero-order chi connectivity index (χ0) is 12.1. The molecule has 1 aromatic rings. The minimum absolute atomic E-state index is 0.501. The molecule has 0 aliphatic rings. The van der Waals surface area contributed by atoms with E-state index >= 15 is 0 Å². The number of ether oxygens (including phenoxy) is 1. The third-order valence-electron chi connectivity index (χ3n) is 2.50. The summed E-state index contributed by atoms with van der Waals surface area (Å²) in [5.41, 5.74) is 2.14. The van der Waals surface area contributed by atoms with E-state index in [1.165, 1.54) is 0 Å². The van der Waals surface area contributed by atoms with Crippen LogP contribution in [-0.2, 0) is 0 Å². The van der Waals surface area contributed by atoms with Gasteiger partial charge in [-0.15, -0.1) is 0 Å². The zero-order valence-corrected chi connectivity index (χ0v) is 11.2. The molecule has 0 saturated heterocycles. The normalized spacial score (nSPS) is 12.6. The molecular formula is C13H20ClNO. The average molecular weight is 242 g/mol. The fourth-order valence-corrected chi connectivity index (χ4v) is 1.74. The van der Waals surface area contributed by atoms with Crippen molar-refractivity contribution >= 4 is 11.6 Å². The molecule has 1 unspecified atom stereocenters. The third-order valence-corrected chi connectivity index (χ3v) is 3.09. The van der Waals surface area contributed by atoms with Crippen LogP contribution in [0.15, 0.2) is 12.1 Å². The molecule has 0 fully saturated rings. The highest BCUT2D eigenvalue weighted by atomic mass is 35.5. The van der Waals surface area contributed by atoms with Crippen LogP contribution in [-0.4, -0.2) is 20.2 Å². The monoisotopic (exact) mass is 241 g/mol. The molecule has 1 rings (SSSR count). The van der Waals surface area contributed by atoms with E-state index in [9.17, 15) is 0 Å². The fraction of sp³-hybridized carbons (Fsp3) is 0.538. The van der Waals surface area contributed by atoms with Crippen molar-refractivity contribution in [3.05, 3.63) is 28.3 Å². The molecule has 0 spiro atoms. The molecular weight excluding hydrogens is 222 g/mol. The molecule has 2 nitrogen and oxygen atoms in total. The van der Waals surface area contributed by atoms with Crippen molar-refractivity contribution in [2.75, 3.05) is 20.2 Å². The number of hydrogen-bond donors (Lipinski definition) is 1. The first kappa shape index (κ1) is 13.3. The molecule has 0 bridgehead atoms. The highest BCUT2D eigenvalue weighted by Crippen LogP contribution is 2.26. The van der Waals surface area contributed by atoms with Gasteiger partial charge in [-0.1, -0.05) is 18.5 Å². The number of aryl methyl sites for hydroxylation is 2. The lowest BCUT2D eigenvalue weighted by Crippen LogP contribution is -2.21. The Bertz CT molecular complexity index is 329. The molecule has 3 heteroatoms. The Labute approximate surface area is 103 Å². The summed E-state index contributed by atoms with van der Waals surface area (Å²) in [7, 11) is 1.95. The lowest BCUT2D eigenvalue weighted by molar-refractivity contribution is 0.258. The summed E-state index contributed by atoms with van der Waals surface area (Å²) in [5.74, 6) is 1.41. The fourth-order valence-electron chi connectivity index (χ4n) is 1.64. The predicted octanol–water partition coefficient (Wildman–Crippen LogP) is 3.19. The van der Waals surface area contributed by atoms with Gasteiger partial charge in [-0.05, 0) is 44.2 Å². The summed E-state index contributed by atoms with van der Waals surface area (Å²) < 4.78 is 5.74. The first-order chi connectivity index (χ1) is 7.54. The topological polar surface area (TPSA) is 21.3 Å². The minimum atomic E-state index is 0.501. The van der Waals surface area contributed by atoms with Crippen molar-refractivity contribution < 1.29 is 4.74 Å². The predicted molar refractivity (Wildman–Crippen MR) is 69.5 cm³/mol. The van der Waals surface area contributed by atoms with Crippen LogP contribution in [0.4, 0.5) is 0 Å². The van der Waals surface area contributed by atoms with Crippen LogP contribution in [0.3, 0.4) is 0 Å². The van der Waals surface area contributed by atoms with E-state index in [1.807, 2.05) is 33.0 Å². The first-order valence-corrected chi connectivity index (χ1v) is 5.96. The maximum absolute atomic E-state index is 6.10. The summed E-state index contributed by atoms with van der Waals surface area (Å²) >= 11 is 6.10. The summed E-state index contributed by atoms with van der Waals surface area (Å²) in [5, 5.41) is 3.96. The number of halogens is 1. The minimum Gasteiger partial charge on any atom is -0.493 e. The van der Waals surface area contributed by atoms with Gasteiger partial charge in [-0.3, -0.25) is 0 Å². The SMILES string of the molecule is CNCC(C)COc1cc(C)c(Cl)c(C)c1. The molecule has 1 N–H and O–H groups in total. The molecule has 0 radical (unpaired) electrons. The largest absolute Gasteiger partial charge is 0.493 e. The summed E-state index contributed by atoms with van der Waals surface area (Å²) in [6.07, 6.45) is 0. The van der Waals surface area contributed by atoms with Gasteiger partial charge in [0, 0.05) is 17.5 Å². The van der Waals surface area contributed by atoms with Gasteiger partial charge in [0.15, 0.2) is 0 Å². The van der Waals surface area contributed by atoms with Crippen LogP contribution in [0.25, 0.3) is 0 Å². The Morgan fingerprint density at radius 3 is 2.38 bits per heavy atom. The Morgan fingerprint density at radius 1 is 1.31 bits per heavy atom. The molecule has 0 saturated carbocycles. The van der Waals surface area contributed by atoms with Crippen molar-refractivity contribution in [3.63, 3.8) is 0 Å². The average Bonchev–Trinajstić information content (AvgIpc) is 2.23. The second-order valence-electron chi connectivity index (χ2n) is 4.34. The summed E-state index contributed by atoms with van der Waals surface area (Å²) in [6, 6.07) is 3.98. The molecule has 0 amide bonds. The molecule has 0 aliphatic heterocycles. The van der Waals surface area contributed by atoms with Crippen LogP contribution < -0.4 is 10.1 Å². The van der Waals surface area contributed by atoms with Crippen LogP contribution in [0.2, 0.25) is 5.02 Å². The van der Waals surface area contributed by atoms with Crippen molar-refractivity contribution in [1.82, 2.24) is 5.32 Å². The van der Waals surface area contributed by atoms with Gasteiger partial charge in [0.05, 0.1) is 6.61 Å². The highest BCUT2D eigenvalue weighted by Gasteiger charge is 2.05. The van der Waals surface area contributed by atoms with Crippen molar-refractivity contribution in [3.8, 4) is 5.75 Å². The Hall–Kier alpha value is -0.730. The van der Waals surface area contributed by atoms with E-state index in [2.05, 4.69) is 12.2 Å². The van der Waals surface area contributed by atoms with Crippen molar-refractivity contribution in [2.45, 2.75) is 20.8 Å². The maximum atomic E-state index is 6.10. The Balaban J connectivity index is 2.61. The van der Waals surface area contributed by atoms with E-state index in [-0.39, 0.29) is 0 Å². The molecule has 16 heavy (non-hydrogen) atoms. The highest BCUT2D eigenvalue weighted by molar-refractivity contribution is 6.32. The van der Waals surface area contributed by atoms with E-state index in [1.54, 1.807) is 0 Å². The van der Waals surface area contributed by atoms with Crippen LogP contribution >= 0.6 is 11.6 Å². The summed E-state index contributed by atoms with van der Waals surface area (Å²) in [6.45, 7) is 7.84. The van der Waals surface area contributed by atoms with Crippen molar-refractivity contribution in [2.24, 2.45) is 5.92 Å². The number of rotatable bonds is 5. The van der Waals surface area contributed by atoms with E-state index in [0.717, 1.165) is 35.1 Å². The lowest BCUT2D eigenvalue weighted by atomic mass is 10.1. The number of hydrogen-bond acceptors (Lipinski definition) is 2. The lowest BCUT2D eigenvalue weighted by Gasteiger charge is -2.14. The quantitative estimate of drug-likeness (QED) is 0.855. The number of benzene rings is 1. The first-order valence-electron chi connectivity index (χ1n) is 5.58. The standard InChI is InChI=1S/C13H20ClNO/c1-9(7-15-4)8-16-12-5-10(2)13(14)11(3)6-12/h5-6,9,15H,7-8H2,1-4H3. The van der Waals surface area contributed by atoms with Crippen LogP contribution in [0.5, 0.6) is 5.75 Å². The van der Waals surface area contributed by atoms with Crippen molar-refractivity contribution in [1.29, 1.82) is 0 Å². The van der Waals surface area contributed by atoms with E-state index in [4.69, 9.17) is 16.3 Å². The van der Waals surface area contributed by atoms with Gasteiger partial charge >= 0.3 is 0 Å².